The quantitative estimate of drug-likeness (QED) is 0.876. The van der Waals surface area contributed by atoms with Crippen molar-refractivity contribution in [2.24, 2.45) is 0 Å². The van der Waals surface area contributed by atoms with Gasteiger partial charge >= 0.3 is 6.09 Å². The standard InChI is InChI=1S/C19H30N2O2/c1-14(15-10-6-5-7-11-15)20-16-12-8-9-13-17(16)21-18(22)23-19(2,3)4/h5-7,10-11,14,16-17,20H,8-9,12-13H2,1-4H3,(H,21,22)/t14-,16-,17-/m0/s1. The second-order valence-corrected chi connectivity index (χ2v) is 7.44. The number of benzene rings is 1. The van der Waals surface area contributed by atoms with Crippen LogP contribution in [0.2, 0.25) is 0 Å². The Morgan fingerprint density at radius 1 is 1.13 bits per heavy atom. The molecule has 2 rings (SSSR count). The lowest BCUT2D eigenvalue weighted by Gasteiger charge is -2.35. The number of hydrogen-bond acceptors (Lipinski definition) is 3. The van der Waals surface area contributed by atoms with E-state index in [0.29, 0.717) is 0 Å². The molecule has 0 heterocycles. The highest BCUT2D eigenvalue weighted by molar-refractivity contribution is 5.68. The van der Waals surface area contributed by atoms with E-state index >= 15 is 0 Å². The molecule has 1 saturated carbocycles. The SMILES string of the molecule is C[C@H](N[C@H]1CCCC[C@@H]1NC(=O)OC(C)(C)C)c1ccccc1. The van der Waals surface area contributed by atoms with Gasteiger partial charge in [0.2, 0.25) is 0 Å². The first-order valence-electron chi connectivity index (χ1n) is 8.65. The van der Waals surface area contributed by atoms with Gasteiger partial charge in [-0.15, -0.1) is 0 Å². The number of nitrogens with one attached hydrogen (secondary N) is 2. The number of amides is 1. The van der Waals surface area contributed by atoms with Crippen molar-refractivity contribution < 1.29 is 9.53 Å². The maximum absolute atomic E-state index is 12.1. The summed E-state index contributed by atoms with van der Waals surface area (Å²) in [5.41, 5.74) is 0.813. The van der Waals surface area contributed by atoms with E-state index in [-0.39, 0.29) is 24.2 Å². The van der Waals surface area contributed by atoms with Gasteiger partial charge in [-0.2, -0.15) is 0 Å². The molecular weight excluding hydrogens is 288 g/mol. The Hall–Kier alpha value is -1.55. The fourth-order valence-electron chi connectivity index (χ4n) is 3.12. The summed E-state index contributed by atoms with van der Waals surface area (Å²) >= 11 is 0. The first-order chi connectivity index (χ1) is 10.8. The molecule has 1 aromatic rings. The molecule has 4 nitrogen and oxygen atoms in total. The van der Waals surface area contributed by atoms with Crippen LogP contribution < -0.4 is 10.6 Å². The van der Waals surface area contributed by atoms with Crippen molar-refractivity contribution in [1.82, 2.24) is 10.6 Å². The Morgan fingerprint density at radius 2 is 1.74 bits per heavy atom. The summed E-state index contributed by atoms with van der Waals surface area (Å²) < 4.78 is 5.40. The van der Waals surface area contributed by atoms with Crippen LogP contribution in [0.15, 0.2) is 30.3 Å². The third kappa shape index (κ3) is 5.87. The summed E-state index contributed by atoms with van der Waals surface area (Å²) in [4.78, 5) is 12.1. The zero-order valence-corrected chi connectivity index (χ0v) is 14.8. The molecule has 1 aliphatic rings. The summed E-state index contributed by atoms with van der Waals surface area (Å²) in [5.74, 6) is 0. The first kappa shape index (κ1) is 17.8. The highest BCUT2D eigenvalue weighted by Crippen LogP contribution is 2.22. The lowest BCUT2D eigenvalue weighted by atomic mass is 9.89. The second-order valence-electron chi connectivity index (χ2n) is 7.44. The molecule has 4 heteroatoms. The number of carbonyl (C=O) groups excluding carboxylic acids is 1. The molecule has 0 spiro atoms. The topological polar surface area (TPSA) is 50.4 Å². The van der Waals surface area contributed by atoms with E-state index in [1.165, 1.54) is 12.0 Å². The minimum atomic E-state index is -0.459. The van der Waals surface area contributed by atoms with Crippen LogP contribution in [0.5, 0.6) is 0 Å². The fourth-order valence-corrected chi connectivity index (χ4v) is 3.12. The third-order valence-corrected chi connectivity index (χ3v) is 4.23. The van der Waals surface area contributed by atoms with Crippen molar-refractivity contribution in [2.45, 2.75) is 77.1 Å². The van der Waals surface area contributed by atoms with Gasteiger partial charge in [0.25, 0.3) is 0 Å². The molecule has 0 radical (unpaired) electrons. The highest BCUT2D eigenvalue weighted by atomic mass is 16.6. The molecule has 1 fully saturated rings. The van der Waals surface area contributed by atoms with E-state index in [1.807, 2.05) is 26.8 Å². The minimum Gasteiger partial charge on any atom is -0.444 e. The van der Waals surface area contributed by atoms with Crippen molar-refractivity contribution in [3.63, 3.8) is 0 Å². The van der Waals surface area contributed by atoms with Gasteiger partial charge in [-0.3, -0.25) is 0 Å². The fraction of sp³-hybridized carbons (Fsp3) is 0.632. The molecule has 0 saturated heterocycles. The maximum Gasteiger partial charge on any atom is 0.407 e. The molecule has 1 amide bonds. The minimum absolute atomic E-state index is 0.129. The van der Waals surface area contributed by atoms with Crippen molar-refractivity contribution in [3.05, 3.63) is 35.9 Å². The molecule has 0 aliphatic heterocycles. The first-order valence-corrected chi connectivity index (χ1v) is 8.65. The van der Waals surface area contributed by atoms with E-state index in [1.54, 1.807) is 0 Å². The Balaban J connectivity index is 1.94. The molecule has 128 valence electrons. The number of alkyl carbamates (subject to hydrolysis) is 1. The lowest BCUT2D eigenvalue weighted by Crippen LogP contribution is -2.53. The van der Waals surface area contributed by atoms with Gasteiger partial charge in [0.1, 0.15) is 5.60 Å². The van der Waals surface area contributed by atoms with Crippen molar-refractivity contribution in [1.29, 1.82) is 0 Å². The Labute approximate surface area is 140 Å². The van der Waals surface area contributed by atoms with Crippen LogP contribution in [-0.4, -0.2) is 23.8 Å². The van der Waals surface area contributed by atoms with Crippen molar-refractivity contribution >= 4 is 6.09 Å². The molecule has 23 heavy (non-hydrogen) atoms. The van der Waals surface area contributed by atoms with E-state index in [0.717, 1.165) is 19.3 Å². The Kier molecular flexibility index (Phi) is 6.05. The summed E-state index contributed by atoms with van der Waals surface area (Å²) in [6.45, 7) is 7.84. The third-order valence-electron chi connectivity index (χ3n) is 4.23. The number of carbonyl (C=O) groups is 1. The van der Waals surface area contributed by atoms with Crippen LogP contribution in [-0.2, 0) is 4.74 Å². The van der Waals surface area contributed by atoms with Gasteiger partial charge in [0, 0.05) is 18.1 Å². The van der Waals surface area contributed by atoms with Crippen LogP contribution in [0.3, 0.4) is 0 Å². The van der Waals surface area contributed by atoms with Crippen LogP contribution in [0.1, 0.15) is 65.0 Å². The summed E-state index contributed by atoms with van der Waals surface area (Å²) in [5, 5.41) is 6.74. The zero-order valence-electron chi connectivity index (χ0n) is 14.8. The monoisotopic (exact) mass is 318 g/mol. The molecule has 2 N–H and O–H groups in total. The number of rotatable bonds is 4. The normalized spacial score (nSPS) is 23.1. The molecule has 0 unspecified atom stereocenters. The molecule has 0 aromatic heterocycles. The van der Waals surface area contributed by atoms with Crippen LogP contribution in [0.4, 0.5) is 4.79 Å². The second kappa shape index (κ2) is 7.82. The van der Waals surface area contributed by atoms with Gasteiger partial charge in [-0.05, 0) is 46.1 Å². The highest BCUT2D eigenvalue weighted by Gasteiger charge is 2.29. The summed E-state index contributed by atoms with van der Waals surface area (Å²) in [6, 6.07) is 11.1. The van der Waals surface area contributed by atoms with Gasteiger partial charge in [0.15, 0.2) is 0 Å². The molecule has 1 aliphatic carbocycles. The van der Waals surface area contributed by atoms with Crippen LogP contribution >= 0.6 is 0 Å². The van der Waals surface area contributed by atoms with Crippen molar-refractivity contribution in [3.8, 4) is 0 Å². The maximum atomic E-state index is 12.1. The van der Waals surface area contributed by atoms with E-state index in [9.17, 15) is 4.79 Å². The molecular formula is C19H30N2O2. The largest absolute Gasteiger partial charge is 0.444 e. The average molecular weight is 318 g/mol. The van der Waals surface area contributed by atoms with E-state index < -0.39 is 5.60 Å². The average Bonchev–Trinajstić information content (AvgIpc) is 2.48. The Bertz CT molecular complexity index is 496. The molecule has 0 bridgehead atoms. The van der Waals surface area contributed by atoms with Crippen LogP contribution in [0, 0.1) is 0 Å². The smallest absolute Gasteiger partial charge is 0.407 e. The molecule has 3 atom stereocenters. The number of hydrogen-bond donors (Lipinski definition) is 2. The van der Waals surface area contributed by atoms with E-state index in [2.05, 4.69) is 41.8 Å². The van der Waals surface area contributed by atoms with E-state index in [4.69, 9.17) is 4.74 Å². The Morgan fingerprint density at radius 3 is 2.35 bits per heavy atom. The zero-order chi connectivity index (χ0) is 16.9. The number of ether oxygens (including phenoxy) is 1. The van der Waals surface area contributed by atoms with Gasteiger partial charge < -0.3 is 15.4 Å². The predicted octanol–water partition coefficient (Wildman–Crippen LogP) is 4.17. The van der Waals surface area contributed by atoms with Crippen molar-refractivity contribution in [2.75, 3.05) is 0 Å². The van der Waals surface area contributed by atoms with Gasteiger partial charge in [-0.1, -0.05) is 43.2 Å². The molecule has 1 aromatic carbocycles. The summed E-state index contributed by atoms with van der Waals surface area (Å²) in [7, 11) is 0. The van der Waals surface area contributed by atoms with Gasteiger partial charge in [-0.25, -0.2) is 4.79 Å². The lowest BCUT2D eigenvalue weighted by molar-refractivity contribution is 0.0477. The van der Waals surface area contributed by atoms with Gasteiger partial charge in [0.05, 0.1) is 0 Å². The summed E-state index contributed by atoms with van der Waals surface area (Å²) in [6.07, 6.45) is 4.11. The predicted molar refractivity (Wildman–Crippen MR) is 93.4 cm³/mol. The van der Waals surface area contributed by atoms with Crippen LogP contribution in [0.25, 0.3) is 0 Å².